The summed E-state index contributed by atoms with van der Waals surface area (Å²) in [7, 11) is 0. The monoisotopic (exact) mass is 600 g/mol. The van der Waals surface area contributed by atoms with Crippen molar-refractivity contribution in [1.29, 1.82) is 0 Å². The Balaban J connectivity index is 1.04. The van der Waals surface area contributed by atoms with Crippen LogP contribution in [0.4, 0.5) is 0 Å². The number of ether oxygens (including phenoxy) is 2. The number of carbonyl (C=O) groups excluding carboxylic acids is 2. The van der Waals surface area contributed by atoms with Crippen LogP contribution in [0.2, 0.25) is 0 Å². The van der Waals surface area contributed by atoms with Crippen LogP contribution in [0, 0.1) is 40.4 Å². The van der Waals surface area contributed by atoms with Crippen LogP contribution in [-0.4, -0.2) is 70.3 Å². The van der Waals surface area contributed by atoms with Crippen molar-refractivity contribution in [3.8, 4) is 0 Å². The van der Waals surface area contributed by atoms with E-state index in [4.69, 9.17) is 9.47 Å². The normalized spacial score (nSPS) is 45.6. The number of Topliss-reactive ketones (excluding diaryl/α,β-unsaturated/α-hetero) is 1. The highest BCUT2D eigenvalue weighted by molar-refractivity contribution is 6.24. The average molecular weight is 601 g/mol. The van der Waals surface area contributed by atoms with Crippen molar-refractivity contribution < 1.29 is 24.2 Å². The molecule has 8 rings (SSSR count). The fraction of sp³-hybridized carbons (Fsp3) is 0.703. The Morgan fingerprint density at radius 1 is 1.11 bits per heavy atom. The van der Waals surface area contributed by atoms with Crippen molar-refractivity contribution >= 4 is 17.3 Å². The van der Waals surface area contributed by atoms with E-state index in [2.05, 4.69) is 37.6 Å². The first-order chi connectivity index (χ1) is 21.1. The Morgan fingerprint density at radius 2 is 1.91 bits per heavy atom. The number of aromatic nitrogens is 1. The molecule has 0 aromatic carbocycles. The summed E-state index contributed by atoms with van der Waals surface area (Å²) in [5, 5.41) is 11.5. The zero-order chi connectivity index (χ0) is 30.6. The molecule has 3 saturated carbocycles. The van der Waals surface area contributed by atoms with Crippen LogP contribution < -0.4 is 0 Å². The smallest absolute Gasteiger partial charge is 0.335 e. The number of likely N-dealkylation sites (tertiary alicyclic amines) is 1. The molecule has 2 saturated heterocycles. The number of cyclic esters (lactones) is 1. The number of epoxide rings is 1. The van der Waals surface area contributed by atoms with E-state index < -0.39 is 17.1 Å². The van der Waals surface area contributed by atoms with Gasteiger partial charge < -0.3 is 14.6 Å². The Kier molecular flexibility index (Phi) is 6.66. The molecule has 11 atom stereocenters. The number of aliphatic hydroxyl groups is 1. The third kappa shape index (κ3) is 3.87. The van der Waals surface area contributed by atoms with Gasteiger partial charge in [-0.3, -0.25) is 14.7 Å². The number of carbonyl (C=O) groups is 2. The van der Waals surface area contributed by atoms with Gasteiger partial charge in [0.25, 0.3) is 0 Å². The second-order valence-electron chi connectivity index (χ2n) is 15.8. The molecule has 236 valence electrons. The molecule has 44 heavy (non-hydrogen) atoms. The minimum absolute atomic E-state index is 0.0763. The predicted molar refractivity (Wildman–Crippen MR) is 166 cm³/mol. The zero-order valence-corrected chi connectivity index (χ0v) is 26.8. The second-order valence-corrected chi connectivity index (χ2v) is 15.8. The van der Waals surface area contributed by atoms with E-state index in [1.807, 2.05) is 18.2 Å². The maximum atomic E-state index is 14.5. The van der Waals surface area contributed by atoms with E-state index in [0.29, 0.717) is 29.0 Å². The van der Waals surface area contributed by atoms with E-state index >= 15 is 0 Å². The number of rotatable bonds is 5. The number of allylic oxidation sites excluding steroid dienone is 1. The fourth-order valence-electron chi connectivity index (χ4n) is 11.7. The Hall–Kier alpha value is -2.35. The van der Waals surface area contributed by atoms with E-state index in [1.165, 1.54) is 18.4 Å². The topological polar surface area (TPSA) is 92.3 Å². The Labute approximate surface area is 261 Å². The highest BCUT2D eigenvalue weighted by Gasteiger charge is 2.81. The molecule has 0 amide bonds. The first kappa shape index (κ1) is 29.1. The predicted octanol–water partition coefficient (Wildman–Crippen LogP) is 5.38. The van der Waals surface area contributed by atoms with Crippen LogP contribution in [0.1, 0.15) is 84.8 Å². The van der Waals surface area contributed by atoms with E-state index in [0.717, 1.165) is 63.7 Å². The van der Waals surface area contributed by atoms with Crippen molar-refractivity contribution in [2.24, 2.45) is 40.4 Å². The van der Waals surface area contributed by atoms with Crippen LogP contribution in [0.3, 0.4) is 0 Å². The van der Waals surface area contributed by atoms with Gasteiger partial charge in [0, 0.05) is 24.7 Å². The standard InChI is InChI=1S/C37H48N2O5/c1-21-17-30(43-34(42)25(21)20-39-15-7-8-16-39)22(2)26-10-11-27-23-19-32-37(44-32)31(40)18-24(29-9-5-6-14-38-29)33(41)36(37,4)28(23)12-13-35(26,27)3/h5-6,9,14,18,22-23,26-28,30-32,40H,7-8,10-13,15-17,19-20H2,1-4H3/t22-,23-,26+,27-,28-,30+,31-,32+,35+,36-,37+/m0/s1. The number of nitrogens with zero attached hydrogens (tertiary/aromatic N) is 2. The molecule has 3 aliphatic heterocycles. The lowest BCUT2D eigenvalue weighted by Crippen LogP contribution is -2.64. The molecular formula is C37H48N2O5. The summed E-state index contributed by atoms with van der Waals surface area (Å²) in [5.74, 6) is 1.76. The summed E-state index contributed by atoms with van der Waals surface area (Å²) in [6.07, 6.45) is 10.9. The van der Waals surface area contributed by atoms with Crippen molar-refractivity contribution in [1.82, 2.24) is 9.88 Å². The average Bonchev–Trinajstić information content (AvgIpc) is 3.33. The number of pyridine rings is 1. The van der Waals surface area contributed by atoms with Crippen molar-refractivity contribution in [3.05, 3.63) is 47.3 Å². The lowest BCUT2D eigenvalue weighted by atomic mass is 9.43. The summed E-state index contributed by atoms with van der Waals surface area (Å²) in [6.45, 7) is 11.9. The van der Waals surface area contributed by atoms with E-state index in [1.54, 1.807) is 12.3 Å². The van der Waals surface area contributed by atoms with Crippen LogP contribution in [0.15, 0.2) is 41.6 Å². The number of esters is 1. The molecule has 1 N–H and O–H groups in total. The van der Waals surface area contributed by atoms with Gasteiger partial charge in [-0.2, -0.15) is 0 Å². The molecule has 7 heteroatoms. The van der Waals surface area contributed by atoms with Gasteiger partial charge in [0.15, 0.2) is 5.78 Å². The van der Waals surface area contributed by atoms with Gasteiger partial charge >= 0.3 is 5.97 Å². The number of ketones is 1. The Morgan fingerprint density at radius 3 is 2.64 bits per heavy atom. The van der Waals surface area contributed by atoms with Crippen molar-refractivity contribution in [3.63, 3.8) is 0 Å². The molecule has 4 heterocycles. The van der Waals surface area contributed by atoms with Crippen LogP contribution in [-0.2, 0) is 19.1 Å². The molecule has 0 radical (unpaired) electrons. The minimum Gasteiger partial charge on any atom is -0.458 e. The summed E-state index contributed by atoms with van der Waals surface area (Å²) in [5.41, 5.74) is 1.81. The summed E-state index contributed by atoms with van der Waals surface area (Å²) < 4.78 is 12.7. The molecule has 1 spiro atoms. The molecule has 1 aromatic rings. The maximum Gasteiger partial charge on any atom is 0.335 e. The molecule has 4 aliphatic carbocycles. The summed E-state index contributed by atoms with van der Waals surface area (Å²) >= 11 is 0. The quantitative estimate of drug-likeness (QED) is 0.359. The van der Waals surface area contributed by atoms with Crippen molar-refractivity contribution in [2.75, 3.05) is 19.6 Å². The van der Waals surface area contributed by atoms with Crippen molar-refractivity contribution in [2.45, 2.75) is 103 Å². The molecular weight excluding hydrogens is 552 g/mol. The molecule has 0 unspecified atom stereocenters. The molecule has 1 aromatic heterocycles. The first-order valence-electron chi connectivity index (χ1n) is 17.3. The second kappa shape index (κ2) is 10.1. The zero-order valence-electron chi connectivity index (χ0n) is 26.8. The summed E-state index contributed by atoms with van der Waals surface area (Å²) in [6, 6.07) is 5.62. The third-order valence-electron chi connectivity index (χ3n) is 14.1. The van der Waals surface area contributed by atoms with Gasteiger partial charge in [0.05, 0.1) is 22.8 Å². The largest absolute Gasteiger partial charge is 0.458 e. The van der Waals surface area contributed by atoms with Crippen LogP contribution >= 0.6 is 0 Å². The molecule has 0 bridgehead atoms. The van der Waals surface area contributed by atoms with E-state index in [9.17, 15) is 14.7 Å². The van der Waals surface area contributed by atoms with Gasteiger partial charge in [0.1, 0.15) is 17.8 Å². The summed E-state index contributed by atoms with van der Waals surface area (Å²) in [4.78, 5) is 34.7. The van der Waals surface area contributed by atoms with Gasteiger partial charge in [-0.1, -0.05) is 25.5 Å². The highest BCUT2D eigenvalue weighted by Crippen LogP contribution is 2.73. The van der Waals surface area contributed by atoms with Gasteiger partial charge in [-0.15, -0.1) is 0 Å². The number of aliphatic hydroxyl groups excluding tert-OH is 1. The lowest BCUT2D eigenvalue weighted by Gasteiger charge is -2.58. The first-order valence-corrected chi connectivity index (χ1v) is 17.3. The fourth-order valence-corrected chi connectivity index (χ4v) is 11.7. The third-order valence-corrected chi connectivity index (χ3v) is 14.1. The Bertz CT molecular complexity index is 1430. The minimum atomic E-state index is -0.814. The molecule has 7 aliphatic rings. The number of hydrogen-bond donors (Lipinski definition) is 1. The highest BCUT2D eigenvalue weighted by atomic mass is 16.6. The van der Waals surface area contributed by atoms with Crippen LogP contribution in [0.25, 0.3) is 5.57 Å². The van der Waals surface area contributed by atoms with E-state index in [-0.39, 0.29) is 41.2 Å². The molecule has 5 fully saturated rings. The SMILES string of the molecule is CC1=C(CN2CCCC2)C(=O)O[C@@H]([C@@H](C)[C@H]2CC[C@H]3[C@@H]4C[C@H]5O[C@]56[C@@H](O)C=C(c5ccccn5)C(=O)[C@]6(C)[C@H]4CC[C@]23C)C1. The van der Waals surface area contributed by atoms with Gasteiger partial charge in [0.2, 0.25) is 0 Å². The molecule has 7 nitrogen and oxygen atoms in total. The maximum absolute atomic E-state index is 14.5. The van der Waals surface area contributed by atoms with Gasteiger partial charge in [-0.05, 0) is 125 Å². The number of fused-ring (bicyclic) bond motifs is 4. The lowest BCUT2D eigenvalue weighted by molar-refractivity contribution is -0.155. The van der Waals surface area contributed by atoms with Crippen LogP contribution in [0.5, 0.6) is 0 Å². The van der Waals surface area contributed by atoms with Gasteiger partial charge in [-0.25, -0.2) is 4.79 Å². The number of hydrogen-bond acceptors (Lipinski definition) is 7.